The fourth-order valence-corrected chi connectivity index (χ4v) is 3.09. The van der Waals surface area contributed by atoms with E-state index in [1.54, 1.807) is 0 Å². The number of aryl methyl sites for hydroxylation is 2. The first-order chi connectivity index (χ1) is 8.19. The predicted molar refractivity (Wildman–Crippen MR) is 72.6 cm³/mol. The number of benzene rings is 1. The van der Waals surface area contributed by atoms with Crippen molar-refractivity contribution >= 4 is 0 Å². The minimum absolute atomic E-state index is 0.316. The van der Waals surface area contributed by atoms with E-state index in [0.29, 0.717) is 6.04 Å². The number of nitrogens with one attached hydrogen (secondary N) is 1. The summed E-state index contributed by atoms with van der Waals surface area (Å²) in [6.07, 6.45) is 6.73. The van der Waals surface area contributed by atoms with Gasteiger partial charge < -0.3 is 0 Å². The molecule has 1 aliphatic rings. The van der Waals surface area contributed by atoms with Crippen molar-refractivity contribution in [1.82, 2.24) is 5.43 Å². The van der Waals surface area contributed by atoms with E-state index in [1.807, 2.05) is 0 Å². The SMILES string of the molecule is Cc1cc(C)cc(C(CC2CCCC2)NN)c1. The lowest BCUT2D eigenvalue weighted by atomic mass is 9.92. The van der Waals surface area contributed by atoms with Gasteiger partial charge in [-0.3, -0.25) is 11.3 Å². The Balaban J connectivity index is 2.10. The van der Waals surface area contributed by atoms with Crippen molar-refractivity contribution in [1.29, 1.82) is 0 Å². The Morgan fingerprint density at radius 3 is 2.29 bits per heavy atom. The van der Waals surface area contributed by atoms with E-state index in [2.05, 4.69) is 37.5 Å². The summed E-state index contributed by atoms with van der Waals surface area (Å²) >= 11 is 0. The Bertz CT molecular complexity index is 347. The van der Waals surface area contributed by atoms with Gasteiger partial charge in [-0.05, 0) is 31.7 Å². The van der Waals surface area contributed by atoms with Crippen LogP contribution in [0.2, 0.25) is 0 Å². The highest BCUT2D eigenvalue weighted by Crippen LogP contribution is 2.33. The molecule has 17 heavy (non-hydrogen) atoms. The average Bonchev–Trinajstić information content (AvgIpc) is 2.77. The molecule has 1 unspecified atom stereocenters. The summed E-state index contributed by atoms with van der Waals surface area (Å²) in [6.45, 7) is 4.30. The first-order valence-corrected chi connectivity index (χ1v) is 6.73. The van der Waals surface area contributed by atoms with Gasteiger partial charge in [-0.15, -0.1) is 0 Å². The molecule has 0 saturated heterocycles. The summed E-state index contributed by atoms with van der Waals surface area (Å²) in [5.74, 6) is 6.59. The number of hydrogen-bond donors (Lipinski definition) is 2. The zero-order valence-corrected chi connectivity index (χ0v) is 11.0. The van der Waals surface area contributed by atoms with Gasteiger partial charge in [-0.25, -0.2) is 0 Å². The van der Waals surface area contributed by atoms with Crippen LogP contribution in [0.4, 0.5) is 0 Å². The molecule has 1 aromatic carbocycles. The highest BCUT2D eigenvalue weighted by atomic mass is 15.2. The second-order valence-electron chi connectivity index (χ2n) is 5.53. The maximum atomic E-state index is 5.73. The summed E-state index contributed by atoms with van der Waals surface area (Å²) in [4.78, 5) is 0. The van der Waals surface area contributed by atoms with Crippen LogP contribution in [0, 0.1) is 19.8 Å². The third-order valence-corrected chi connectivity index (χ3v) is 3.89. The van der Waals surface area contributed by atoms with Crippen LogP contribution in [-0.2, 0) is 0 Å². The molecular weight excluding hydrogens is 208 g/mol. The molecule has 1 atom stereocenters. The minimum atomic E-state index is 0.316. The predicted octanol–water partition coefficient (Wildman–Crippen LogP) is 3.39. The average molecular weight is 232 g/mol. The Hall–Kier alpha value is -0.860. The van der Waals surface area contributed by atoms with Crippen molar-refractivity contribution in [2.45, 2.75) is 52.0 Å². The lowest BCUT2D eigenvalue weighted by Crippen LogP contribution is -2.29. The first kappa shape index (κ1) is 12.6. The zero-order valence-electron chi connectivity index (χ0n) is 11.0. The topological polar surface area (TPSA) is 38.0 Å². The molecule has 0 spiro atoms. The molecule has 1 aliphatic carbocycles. The van der Waals surface area contributed by atoms with Gasteiger partial charge in [-0.2, -0.15) is 0 Å². The molecule has 94 valence electrons. The number of hydrogen-bond acceptors (Lipinski definition) is 2. The summed E-state index contributed by atoms with van der Waals surface area (Å²) in [6, 6.07) is 7.04. The molecule has 0 aromatic heterocycles. The number of hydrazine groups is 1. The summed E-state index contributed by atoms with van der Waals surface area (Å²) in [5.41, 5.74) is 7.00. The Morgan fingerprint density at radius 1 is 1.18 bits per heavy atom. The number of nitrogens with two attached hydrogens (primary N) is 1. The first-order valence-electron chi connectivity index (χ1n) is 6.73. The van der Waals surface area contributed by atoms with Crippen LogP contribution in [0.1, 0.15) is 54.8 Å². The second-order valence-corrected chi connectivity index (χ2v) is 5.53. The fourth-order valence-electron chi connectivity index (χ4n) is 3.09. The van der Waals surface area contributed by atoms with Crippen LogP contribution in [0.3, 0.4) is 0 Å². The number of rotatable bonds is 4. The maximum absolute atomic E-state index is 5.73. The normalized spacial score (nSPS) is 18.5. The van der Waals surface area contributed by atoms with E-state index >= 15 is 0 Å². The zero-order chi connectivity index (χ0) is 12.3. The fraction of sp³-hybridized carbons (Fsp3) is 0.600. The van der Waals surface area contributed by atoms with Gasteiger partial charge in [0, 0.05) is 6.04 Å². The summed E-state index contributed by atoms with van der Waals surface area (Å²) in [7, 11) is 0. The van der Waals surface area contributed by atoms with E-state index in [1.165, 1.54) is 48.8 Å². The molecule has 0 aliphatic heterocycles. The molecule has 1 aromatic rings. The molecule has 0 radical (unpaired) electrons. The molecule has 1 saturated carbocycles. The van der Waals surface area contributed by atoms with Crippen molar-refractivity contribution in [3.63, 3.8) is 0 Å². The molecule has 1 fully saturated rings. The van der Waals surface area contributed by atoms with Crippen LogP contribution in [0.5, 0.6) is 0 Å². The van der Waals surface area contributed by atoms with Crippen LogP contribution in [0.25, 0.3) is 0 Å². The molecule has 0 amide bonds. The van der Waals surface area contributed by atoms with Crippen LogP contribution < -0.4 is 11.3 Å². The maximum Gasteiger partial charge on any atom is 0.0462 e. The van der Waals surface area contributed by atoms with E-state index in [4.69, 9.17) is 5.84 Å². The molecule has 0 bridgehead atoms. The third-order valence-electron chi connectivity index (χ3n) is 3.89. The van der Waals surface area contributed by atoms with Gasteiger partial charge in [0.25, 0.3) is 0 Å². The van der Waals surface area contributed by atoms with Crippen molar-refractivity contribution in [2.24, 2.45) is 11.8 Å². The van der Waals surface area contributed by atoms with E-state index in [0.717, 1.165) is 5.92 Å². The van der Waals surface area contributed by atoms with Gasteiger partial charge in [0.2, 0.25) is 0 Å². The molecule has 3 N–H and O–H groups in total. The standard InChI is InChI=1S/C15H24N2/c1-11-7-12(2)9-14(8-11)15(17-16)10-13-5-3-4-6-13/h7-9,13,15,17H,3-6,10,16H2,1-2H3. The molecule has 2 rings (SSSR count). The molecule has 2 heteroatoms. The quantitative estimate of drug-likeness (QED) is 0.617. The highest BCUT2D eigenvalue weighted by Gasteiger charge is 2.20. The molecular formula is C15H24N2. The van der Waals surface area contributed by atoms with Crippen molar-refractivity contribution in [3.8, 4) is 0 Å². The van der Waals surface area contributed by atoms with Crippen LogP contribution in [-0.4, -0.2) is 0 Å². The van der Waals surface area contributed by atoms with Gasteiger partial charge in [-0.1, -0.05) is 55.0 Å². The molecule has 2 nitrogen and oxygen atoms in total. The van der Waals surface area contributed by atoms with Crippen LogP contribution in [0.15, 0.2) is 18.2 Å². The largest absolute Gasteiger partial charge is 0.271 e. The Labute approximate surface area is 105 Å². The van der Waals surface area contributed by atoms with Crippen molar-refractivity contribution < 1.29 is 0 Å². The van der Waals surface area contributed by atoms with E-state index < -0.39 is 0 Å². The van der Waals surface area contributed by atoms with E-state index in [-0.39, 0.29) is 0 Å². The Morgan fingerprint density at radius 2 is 1.76 bits per heavy atom. The van der Waals surface area contributed by atoms with Gasteiger partial charge >= 0.3 is 0 Å². The smallest absolute Gasteiger partial charge is 0.0462 e. The third kappa shape index (κ3) is 3.30. The second kappa shape index (κ2) is 5.65. The van der Waals surface area contributed by atoms with Gasteiger partial charge in [0.05, 0.1) is 0 Å². The Kier molecular flexibility index (Phi) is 4.19. The monoisotopic (exact) mass is 232 g/mol. The van der Waals surface area contributed by atoms with Crippen LogP contribution >= 0.6 is 0 Å². The highest BCUT2D eigenvalue weighted by molar-refractivity contribution is 5.30. The molecule has 0 heterocycles. The van der Waals surface area contributed by atoms with Gasteiger partial charge in [0.1, 0.15) is 0 Å². The van der Waals surface area contributed by atoms with Gasteiger partial charge in [0.15, 0.2) is 0 Å². The van der Waals surface area contributed by atoms with Crippen molar-refractivity contribution in [3.05, 3.63) is 34.9 Å². The van der Waals surface area contributed by atoms with Crippen molar-refractivity contribution in [2.75, 3.05) is 0 Å². The lowest BCUT2D eigenvalue weighted by molar-refractivity contribution is 0.400. The summed E-state index contributed by atoms with van der Waals surface area (Å²) < 4.78 is 0. The van der Waals surface area contributed by atoms with E-state index in [9.17, 15) is 0 Å². The lowest BCUT2D eigenvalue weighted by Gasteiger charge is -2.21. The summed E-state index contributed by atoms with van der Waals surface area (Å²) in [5, 5.41) is 0. The minimum Gasteiger partial charge on any atom is -0.271 e.